The third-order valence-electron chi connectivity index (χ3n) is 2.66. The van der Waals surface area contributed by atoms with E-state index in [1.54, 1.807) is 0 Å². The van der Waals surface area contributed by atoms with Gasteiger partial charge in [-0.25, -0.2) is 4.79 Å². The molecule has 0 aliphatic carbocycles. The molecule has 2 N–H and O–H groups in total. The second kappa shape index (κ2) is 7.88. The Balaban J connectivity index is 2.40. The predicted octanol–water partition coefficient (Wildman–Crippen LogP) is 1.49. The number of carboxylic acid groups (broad SMARTS) is 1. The molecule has 0 aliphatic rings. The second-order valence-electron chi connectivity index (χ2n) is 4.14. The van der Waals surface area contributed by atoms with Gasteiger partial charge < -0.3 is 10.4 Å². The average molecular weight is 260 g/mol. The van der Waals surface area contributed by atoms with Crippen molar-refractivity contribution in [2.45, 2.75) is 31.7 Å². The third kappa shape index (κ3) is 5.68. The zero-order chi connectivity index (χ0) is 14.1. The standard InChI is InChI=1S/C14H16N2O3/c15-10-4-7-12(14(18)19)16-13(17)9-8-11-5-2-1-3-6-11/h1-3,5-6,12H,4,7-9H2,(H,16,17)(H,18,19)/t12-/m0/s1. The number of hydrogen-bond donors (Lipinski definition) is 2. The van der Waals surface area contributed by atoms with Crippen LogP contribution in [0.15, 0.2) is 30.3 Å². The summed E-state index contributed by atoms with van der Waals surface area (Å²) in [5, 5.41) is 19.8. The number of nitriles is 1. The zero-order valence-corrected chi connectivity index (χ0v) is 10.5. The van der Waals surface area contributed by atoms with E-state index in [0.717, 1.165) is 5.56 Å². The Kier molecular flexibility index (Phi) is 6.10. The highest BCUT2D eigenvalue weighted by molar-refractivity contribution is 5.83. The lowest BCUT2D eigenvalue weighted by molar-refractivity contribution is -0.142. The minimum atomic E-state index is -1.11. The first-order valence-electron chi connectivity index (χ1n) is 6.06. The summed E-state index contributed by atoms with van der Waals surface area (Å²) >= 11 is 0. The Morgan fingerprint density at radius 3 is 2.58 bits per heavy atom. The van der Waals surface area contributed by atoms with Crippen molar-refractivity contribution >= 4 is 11.9 Å². The van der Waals surface area contributed by atoms with Crippen LogP contribution in [0.25, 0.3) is 0 Å². The molecule has 0 unspecified atom stereocenters. The Labute approximate surface area is 111 Å². The van der Waals surface area contributed by atoms with Crippen molar-refractivity contribution in [1.29, 1.82) is 5.26 Å². The summed E-state index contributed by atoms with van der Waals surface area (Å²) in [6, 6.07) is 10.4. The maximum absolute atomic E-state index is 11.6. The van der Waals surface area contributed by atoms with Crippen LogP contribution in [0.1, 0.15) is 24.8 Å². The Hall–Kier alpha value is -2.35. The SMILES string of the molecule is N#CCC[C@H](NC(=O)CCc1ccccc1)C(=O)O. The number of rotatable bonds is 7. The summed E-state index contributed by atoms with van der Waals surface area (Å²) in [5.41, 5.74) is 1.03. The summed E-state index contributed by atoms with van der Waals surface area (Å²) in [5.74, 6) is -1.42. The maximum atomic E-state index is 11.6. The molecule has 5 heteroatoms. The van der Waals surface area contributed by atoms with Crippen molar-refractivity contribution in [3.63, 3.8) is 0 Å². The lowest BCUT2D eigenvalue weighted by Crippen LogP contribution is -2.40. The van der Waals surface area contributed by atoms with Crippen molar-refractivity contribution < 1.29 is 14.7 Å². The van der Waals surface area contributed by atoms with Gasteiger partial charge in [-0.2, -0.15) is 5.26 Å². The predicted molar refractivity (Wildman–Crippen MR) is 69.2 cm³/mol. The molecule has 0 bridgehead atoms. The van der Waals surface area contributed by atoms with E-state index in [-0.39, 0.29) is 25.2 Å². The number of nitrogens with zero attached hydrogens (tertiary/aromatic N) is 1. The topological polar surface area (TPSA) is 90.2 Å². The molecule has 5 nitrogen and oxygen atoms in total. The van der Waals surface area contributed by atoms with Gasteiger partial charge in [-0.15, -0.1) is 0 Å². The van der Waals surface area contributed by atoms with Crippen LogP contribution in [0.5, 0.6) is 0 Å². The lowest BCUT2D eigenvalue weighted by Gasteiger charge is -2.12. The third-order valence-corrected chi connectivity index (χ3v) is 2.66. The molecule has 0 saturated heterocycles. The summed E-state index contributed by atoms with van der Waals surface area (Å²) in [6.45, 7) is 0. The normalized spacial score (nSPS) is 11.3. The number of benzene rings is 1. The van der Waals surface area contributed by atoms with Gasteiger partial charge in [-0.05, 0) is 18.4 Å². The molecular weight excluding hydrogens is 244 g/mol. The lowest BCUT2D eigenvalue weighted by atomic mass is 10.1. The number of carboxylic acids is 1. The van der Waals surface area contributed by atoms with Gasteiger partial charge in [0.15, 0.2) is 0 Å². The van der Waals surface area contributed by atoms with E-state index in [0.29, 0.717) is 6.42 Å². The number of carbonyl (C=O) groups is 2. The molecule has 1 atom stereocenters. The fourth-order valence-electron chi connectivity index (χ4n) is 1.64. The Morgan fingerprint density at radius 2 is 2.00 bits per heavy atom. The summed E-state index contributed by atoms with van der Waals surface area (Å²) < 4.78 is 0. The van der Waals surface area contributed by atoms with Crippen LogP contribution in [0.3, 0.4) is 0 Å². The van der Waals surface area contributed by atoms with Crippen molar-refractivity contribution in [3.05, 3.63) is 35.9 Å². The number of aryl methyl sites for hydroxylation is 1. The van der Waals surface area contributed by atoms with E-state index >= 15 is 0 Å². The number of hydrogen-bond acceptors (Lipinski definition) is 3. The molecule has 0 spiro atoms. The molecule has 0 heterocycles. The van der Waals surface area contributed by atoms with E-state index in [9.17, 15) is 9.59 Å². The summed E-state index contributed by atoms with van der Waals surface area (Å²) in [4.78, 5) is 22.5. The van der Waals surface area contributed by atoms with Crippen LogP contribution in [-0.4, -0.2) is 23.0 Å². The van der Waals surface area contributed by atoms with Crippen molar-refractivity contribution in [1.82, 2.24) is 5.32 Å². The molecule has 1 rings (SSSR count). The highest BCUT2D eigenvalue weighted by atomic mass is 16.4. The van der Waals surface area contributed by atoms with Crippen LogP contribution < -0.4 is 5.32 Å². The number of nitrogens with one attached hydrogen (secondary N) is 1. The minimum absolute atomic E-state index is 0.107. The van der Waals surface area contributed by atoms with Crippen molar-refractivity contribution in [2.75, 3.05) is 0 Å². The number of aliphatic carboxylic acids is 1. The van der Waals surface area contributed by atoms with Crippen molar-refractivity contribution in [3.8, 4) is 6.07 Å². The molecule has 100 valence electrons. The van der Waals surface area contributed by atoms with Gasteiger partial charge in [-0.3, -0.25) is 4.79 Å². The van der Waals surface area contributed by atoms with Crippen LogP contribution in [-0.2, 0) is 16.0 Å². The first-order valence-corrected chi connectivity index (χ1v) is 6.06. The minimum Gasteiger partial charge on any atom is -0.480 e. The molecule has 1 amide bonds. The van der Waals surface area contributed by atoms with Crippen LogP contribution in [0, 0.1) is 11.3 Å². The van der Waals surface area contributed by atoms with Crippen molar-refractivity contribution in [2.24, 2.45) is 0 Å². The second-order valence-corrected chi connectivity index (χ2v) is 4.14. The number of amides is 1. The number of carbonyl (C=O) groups excluding carboxylic acids is 1. The fourth-order valence-corrected chi connectivity index (χ4v) is 1.64. The van der Waals surface area contributed by atoms with E-state index in [1.165, 1.54) is 0 Å². The molecule has 1 aromatic carbocycles. The smallest absolute Gasteiger partial charge is 0.326 e. The highest BCUT2D eigenvalue weighted by Crippen LogP contribution is 2.03. The van der Waals surface area contributed by atoms with E-state index in [4.69, 9.17) is 10.4 Å². The van der Waals surface area contributed by atoms with Gasteiger partial charge in [0, 0.05) is 12.8 Å². The van der Waals surface area contributed by atoms with Gasteiger partial charge in [0.05, 0.1) is 6.07 Å². The fraction of sp³-hybridized carbons (Fsp3) is 0.357. The van der Waals surface area contributed by atoms with E-state index < -0.39 is 12.0 Å². The van der Waals surface area contributed by atoms with Gasteiger partial charge in [0.2, 0.25) is 5.91 Å². The largest absolute Gasteiger partial charge is 0.480 e. The highest BCUT2D eigenvalue weighted by Gasteiger charge is 2.18. The molecule has 0 fully saturated rings. The van der Waals surface area contributed by atoms with Gasteiger partial charge in [0.1, 0.15) is 6.04 Å². The maximum Gasteiger partial charge on any atom is 0.326 e. The quantitative estimate of drug-likeness (QED) is 0.777. The average Bonchev–Trinajstić information content (AvgIpc) is 2.42. The molecule has 19 heavy (non-hydrogen) atoms. The molecular formula is C14H16N2O3. The summed E-state index contributed by atoms with van der Waals surface area (Å²) in [6.07, 6.45) is 1.04. The van der Waals surface area contributed by atoms with Gasteiger partial charge >= 0.3 is 5.97 Å². The van der Waals surface area contributed by atoms with Crippen LogP contribution in [0.2, 0.25) is 0 Å². The Morgan fingerprint density at radius 1 is 1.32 bits per heavy atom. The first-order chi connectivity index (χ1) is 9.13. The Bertz CT molecular complexity index is 465. The zero-order valence-electron chi connectivity index (χ0n) is 10.5. The molecule has 0 aliphatic heterocycles. The van der Waals surface area contributed by atoms with Crippen LogP contribution in [0.4, 0.5) is 0 Å². The molecule has 0 saturated carbocycles. The van der Waals surface area contributed by atoms with E-state index in [1.807, 2.05) is 36.4 Å². The monoisotopic (exact) mass is 260 g/mol. The van der Waals surface area contributed by atoms with E-state index in [2.05, 4.69) is 5.32 Å². The summed E-state index contributed by atoms with van der Waals surface area (Å²) in [7, 11) is 0. The molecule has 1 aromatic rings. The molecule has 0 radical (unpaired) electrons. The van der Waals surface area contributed by atoms with Crippen LogP contribution >= 0.6 is 0 Å². The first kappa shape index (κ1) is 14.7. The molecule has 0 aromatic heterocycles. The van der Waals surface area contributed by atoms with Gasteiger partial charge in [0.25, 0.3) is 0 Å². The van der Waals surface area contributed by atoms with Gasteiger partial charge in [-0.1, -0.05) is 30.3 Å².